The van der Waals surface area contributed by atoms with Crippen LogP contribution in [0.3, 0.4) is 0 Å². The predicted molar refractivity (Wildman–Crippen MR) is 74.9 cm³/mol. The monoisotopic (exact) mass is 221 g/mol. The van der Waals surface area contributed by atoms with E-state index in [2.05, 4.69) is 68.0 Å². The first-order valence-electron chi connectivity index (χ1n) is 5.88. The van der Waals surface area contributed by atoms with Gasteiger partial charge in [0.15, 0.2) is 0 Å². The number of nitrogens with zero attached hydrogens (tertiary/aromatic N) is 1. The van der Waals surface area contributed by atoms with E-state index in [0.717, 1.165) is 11.4 Å². The highest BCUT2D eigenvalue weighted by molar-refractivity contribution is 6.00. The maximum absolute atomic E-state index is 4.70. The van der Waals surface area contributed by atoms with E-state index < -0.39 is 0 Å². The Labute approximate surface area is 101 Å². The standard InChI is InChI=1S/C15H27N/c1-11(2)10-13(15(7,8)9)16-12(3)14(4,5)6/h10H,3H2,1-2,4-9H3. The minimum Gasteiger partial charge on any atom is -0.257 e. The Bertz CT molecular complexity index is 312. The van der Waals surface area contributed by atoms with Crippen LogP contribution in [0.1, 0.15) is 55.4 Å². The van der Waals surface area contributed by atoms with Crippen LogP contribution in [-0.2, 0) is 0 Å². The van der Waals surface area contributed by atoms with Crippen molar-refractivity contribution in [3.05, 3.63) is 23.9 Å². The predicted octanol–water partition coefficient (Wildman–Crippen LogP) is 5.00. The molecule has 0 atom stereocenters. The highest BCUT2D eigenvalue weighted by Gasteiger charge is 2.20. The summed E-state index contributed by atoms with van der Waals surface area (Å²) >= 11 is 0. The Morgan fingerprint density at radius 2 is 1.38 bits per heavy atom. The lowest BCUT2D eigenvalue weighted by Gasteiger charge is -2.24. The third kappa shape index (κ3) is 5.29. The Kier molecular flexibility index (Phi) is 4.72. The number of allylic oxidation sites excluding steroid dienone is 3. The van der Waals surface area contributed by atoms with Crippen molar-refractivity contribution in [2.24, 2.45) is 15.8 Å². The van der Waals surface area contributed by atoms with Gasteiger partial charge in [-0.15, -0.1) is 0 Å². The molecule has 0 unspecified atom stereocenters. The molecule has 0 heterocycles. The number of hydrogen-bond acceptors (Lipinski definition) is 1. The fraction of sp³-hybridized carbons (Fsp3) is 0.667. The van der Waals surface area contributed by atoms with Crippen LogP contribution in [0.2, 0.25) is 0 Å². The van der Waals surface area contributed by atoms with E-state index in [-0.39, 0.29) is 10.8 Å². The molecule has 0 aromatic heterocycles. The van der Waals surface area contributed by atoms with Gasteiger partial charge in [-0.25, -0.2) is 0 Å². The molecule has 0 aliphatic rings. The summed E-state index contributed by atoms with van der Waals surface area (Å²) in [6.45, 7) is 21.2. The SMILES string of the molecule is C=C(N=C(C=C(C)C)C(C)(C)C)C(C)(C)C. The van der Waals surface area contributed by atoms with E-state index in [9.17, 15) is 0 Å². The van der Waals surface area contributed by atoms with Crippen molar-refractivity contribution in [3.8, 4) is 0 Å². The van der Waals surface area contributed by atoms with Gasteiger partial charge in [0.05, 0.1) is 0 Å². The van der Waals surface area contributed by atoms with Crippen molar-refractivity contribution in [1.82, 2.24) is 0 Å². The molecule has 0 radical (unpaired) electrons. The van der Waals surface area contributed by atoms with E-state index >= 15 is 0 Å². The van der Waals surface area contributed by atoms with Crippen LogP contribution in [0, 0.1) is 10.8 Å². The van der Waals surface area contributed by atoms with Crippen LogP contribution in [0.4, 0.5) is 0 Å². The maximum atomic E-state index is 4.70. The van der Waals surface area contributed by atoms with Crippen molar-refractivity contribution < 1.29 is 0 Å². The van der Waals surface area contributed by atoms with Crippen LogP contribution < -0.4 is 0 Å². The summed E-state index contributed by atoms with van der Waals surface area (Å²) in [5.74, 6) is 0. The lowest BCUT2D eigenvalue weighted by molar-refractivity contribution is 0.496. The molecule has 0 saturated carbocycles. The molecule has 0 saturated heterocycles. The fourth-order valence-corrected chi connectivity index (χ4v) is 1.00. The summed E-state index contributed by atoms with van der Waals surface area (Å²) in [6, 6.07) is 0. The molecule has 0 rings (SSSR count). The van der Waals surface area contributed by atoms with Crippen LogP contribution >= 0.6 is 0 Å². The van der Waals surface area contributed by atoms with Gasteiger partial charge in [0.2, 0.25) is 0 Å². The summed E-state index contributed by atoms with van der Waals surface area (Å²) in [5.41, 5.74) is 3.41. The summed E-state index contributed by atoms with van der Waals surface area (Å²) in [6.07, 6.45) is 2.15. The summed E-state index contributed by atoms with van der Waals surface area (Å²) in [5, 5.41) is 0. The molecule has 0 amide bonds. The molecule has 0 aromatic carbocycles. The molecule has 0 aliphatic heterocycles. The van der Waals surface area contributed by atoms with Crippen LogP contribution in [0.25, 0.3) is 0 Å². The van der Waals surface area contributed by atoms with Gasteiger partial charge in [-0.1, -0.05) is 53.7 Å². The molecule has 0 spiro atoms. The number of aliphatic imine (C=N–C) groups is 1. The average Bonchev–Trinajstić information content (AvgIpc) is 1.98. The molecular weight excluding hydrogens is 194 g/mol. The minimum absolute atomic E-state index is 0.0337. The quantitative estimate of drug-likeness (QED) is 0.582. The van der Waals surface area contributed by atoms with E-state index in [1.165, 1.54) is 5.57 Å². The van der Waals surface area contributed by atoms with E-state index in [1.807, 2.05) is 0 Å². The number of hydrogen-bond donors (Lipinski definition) is 0. The molecule has 1 nitrogen and oxygen atoms in total. The van der Waals surface area contributed by atoms with Crippen molar-refractivity contribution in [1.29, 1.82) is 0 Å². The zero-order chi connectivity index (χ0) is 13.1. The van der Waals surface area contributed by atoms with Gasteiger partial charge < -0.3 is 0 Å². The van der Waals surface area contributed by atoms with Crippen molar-refractivity contribution in [2.75, 3.05) is 0 Å². The number of rotatable bonds is 2. The molecule has 0 aliphatic carbocycles. The molecule has 0 fully saturated rings. The first kappa shape index (κ1) is 15.2. The Morgan fingerprint density at radius 3 is 1.62 bits per heavy atom. The molecule has 0 N–H and O–H groups in total. The lowest BCUT2D eigenvalue weighted by Crippen LogP contribution is -2.20. The van der Waals surface area contributed by atoms with Crippen LogP contribution in [-0.4, -0.2) is 5.71 Å². The summed E-state index contributed by atoms with van der Waals surface area (Å²) in [7, 11) is 0. The summed E-state index contributed by atoms with van der Waals surface area (Å²) < 4.78 is 0. The molecule has 1 heteroatoms. The lowest BCUT2D eigenvalue weighted by atomic mass is 9.87. The summed E-state index contributed by atoms with van der Waals surface area (Å²) in [4.78, 5) is 4.70. The smallest absolute Gasteiger partial charge is 0.0459 e. The second-order valence-electron chi connectivity index (χ2n) is 6.67. The topological polar surface area (TPSA) is 12.4 Å². The largest absolute Gasteiger partial charge is 0.257 e. The molecule has 92 valence electrons. The van der Waals surface area contributed by atoms with Gasteiger partial charge in [0.25, 0.3) is 0 Å². The Hall–Kier alpha value is -0.850. The molecular formula is C15H27N. The zero-order valence-electron chi connectivity index (χ0n) is 12.2. The van der Waals surface area contributed by atoms with E-state index in [0.29, 0.717) is 0 Å². The highest BCUT2D eigenvalue weighted by Crippen LogP contribution is 2.27. The third-order valence-electron chi connectivity index (χ3n) is 2.31. The van der Waals surface area contributed by atoms with Crippen molar-refractivity contribution in [3.63, 3.8) is 0 Å². The van der Waals surface area contributed by atoms with Crippen LogP contribution in [0.5, 0.6) is 0 Å². The van der Waals surface area contributed by atoms with Crippen molar-refractivity contribution in [2.45, 2.75) is 55.4 Å². The first-order chi connectivity index (χ1) is 6.94. The van der Waals surface area contributed by atoms with Gasteiger partial charge in [-0.2, -0.15) is 0 Å². The third-order valence-corrected chi connectivity index (χ3v) is 2.31. The second kappa shape index (κ2) is 4.99. The van der Waals surface area contributed by atoms with Crippen LogP contribution in [0.15, 0.2) is 28.9 Å². The first-order valence-corrected chi connectivity index (χ1v) is 5.88. The normalized spacial score (nSPS) is 13.6. The Balaban J connectivity index is 5.31. The van der Waals surface area contributed by atoms with Gasteiger partial charge in [0, 0.05) is 22.2 Å². The van der Waals surface area contributed by atoms with Crippen molar-refractivity contribution >= 4 is 5.71 Å². The molecule has 0 aromatic rings. The van der Waals surface area contributed by atoms with Gasteiger partial charge in [-0.3, -0.25) is 4.99 Å². The second-order valence-corrected chi connectivity index (χ2v) is 6.67. The van der Waals surface area contributed by atoms with Gasteiger partial charge in [0.1, 0.15) is 0 Å². The van der Waals surface area contributed by atoms with Gasteiger partial charge >= 0.3 is 0 Å². The minimum atomic E-state index is 0.0337. The molecule has 16 heavy (non-hydrogen) atoms. The van der Waals surface area contributed by atoms with Gasteiger partial charge in [-0.05, 0) is 19.9 Å². The molecule has 0 bridgehead atoms. The van der Waals surface area contributed by atoms with E-state index in [4.69, 9.17) is 4.99 Å². The average molecular weight is 221 g/mol. The Morgan fingerprint density at radius 1 is 0.938 bits per heavy atom. The fourth-order valence-electron chi connectivity index (χ4n) is 1.00. The highest BCUT2D eigenvalue weighted by atomic mass is 14.8. The zero-order valence-corrected chi connectivity index (χ0v) is 12.2. The maximum Gasteiger partial charge on any atom is 0.0459 e. The van der Waals surface area contributed by atoms with E-state index in [1.54, 1.807) is 0 Å².